The summed E-state index contributed by atoms with van der Waals surface area (Å²) in [6.45, 7) is 16.1. The molecule has 0 aliphatic carbocycles. The quantitative estimate of drug-likeness (QED) is 0.477. The van der Waals surface area contributed by atoms with Gasteiger partial charge in [0.1, 0.15) is 6.61 Å². The largest absolute Gasteiger partial charge is 0.504 e. The third kappa shape index (κ3) is 4.52. The van der Waals surface area contributed by atoms with E-state index in [0.717, 1.165) is 5.57 Å². The molecule has 0 saturated carbocycles. The molecule has 0 spiro atoms. The van der Waals surface area contributed by atoms with Gasteiger partial charge >= 0.3 is 6.09 Å². The third-order valence-corrected chi connectivity index (χ3v) is 11.0. The van der Waals surface area contributed by atoms with Crippen molar-refractivity contribution < 1.29 is 28.6 Å². The highest BCUT2D eigenvalue weighted by atomic mass is 28.4. The van der Waals surface area contributed by atoms with Crippen molar-refractivity contribution in [3.05, 3.63) is 42.1 Å². The first-order valence-corrected chi connectivity index (χ1v) is 13.9. The molecule has 0 saturated heterocycles. The molecule has 3 rings (SSSR count). The molecule has 1 N–H and O–H groups in total. The number of benzene rings is 1. The van der Waals surface area contributed by atoms with Crippen LogP contribution in [-0.2, 0) is 9.16 Å². The molecule has 0 bridgehead atoms. The molecule has 0 fully saturated rings. The van der Waals surface area contributed by atoms with Crippen LogP contribution >= 0.6 is 0 Å². The maximum absolute atomic E-state index is 13.6. The number of hydrogen-bond donors (Lipinski definition) is 1. The topological polar surface area (TPSA) is 88.5 Å². The van der Waals surface area contributed by atoms with Crippen LogP contribution in [-0.4, -0.2) is 56.3 Å². The smallest absolute Gasteiger partial charge is 0.416 e. The Labute approximate surface area is 196 Å². The number of amides is 2. The van der Waals surface area contributed by atoms with Gasteiger partial charge in [-0.15, -0.1) is 0 Å². The molecule has 1 aromatic rings. The summed E-state index contributed by atoms with van der Waals surface area (Å²) in [5.41, 5.74) is 1.44. The Morgan fingerprint density at radius 2 is 2.00 bits per heavy atom. The van der Waals surface area contributed by atoms with E-state index in [4.69, 9.17) is 13.9 Å². The number of rotatable bonds is 5. The van der Waals surface area contributed by atoms with Crippen LogP contribution in [0.5, 0.6) is 11.5 Å². The number of aromatic hydroxyl groups is 1. The van der Waals surface area contributed by atoms with Gasteiger partial charge in [0.05, 0.1) is 24.4 Å². The fourth-order valence-electron chi connectivity index (χ4n) is 3.81. The number of fused-ring (bicyclic) bond motifs is 2. The number of anilines is 1. The summed E-state index contributed by atoms with van der Waals surface area (Å²) in [5.74, 6) is -0.347. The van der Waals surface area contributed by atoms with E-state index in [2.05, 4.69) is 40.4 Å². The summed E-state index contributed by atoms with van der Waals surface area (Å²) in [4.78, 5) is 30.0. The van der Waals surface area contributed by atoms with Crippen molar-refractivity contribution in [2.75, 3.05) is 18.6 Å². The van der Waals surface area contributed by atoms with E-state index in [0.29, 0.717) is 6.42 Å². The average Bonchev–Trinajstić information content (AvgIpc) is 3.08. The number of phenols is 1. The van der Waals surface area contributed by atoms with Crippen molar-refractivity contribution >= 4 is 26.0 Å². The summed E-state index contributed by atoms with van der Waals surface area (Å²) < 4.78 is 17.5. The second-order valence-electron chi connectivity index (χ2n) is 10.0. The van der Waals surface area contributed by atoms with Crippen LogP contribution in [0.1, 0.15) is 44.5 Å². The van der Waals surface area contributed by atoms with E-state index < -0.39 is 26.7 Å². The highest BCUT2D eigenvalue weighted by Crippen LogP contribution is 2.45. The second-order valence-corrected chi connectivity index (χ2v) is 14.8. The molecule has 0 aromatic heterocycles. The SMILES string of the molecule is C=CCOC(=O)N1c2cc(O)c(OC)cc2C(=O)N2C=C(C)CC2C1O[Si](C)(C)C(C)(C)C. The Morgan fingerprint density at radius 3 is 2.58 bits per heavy atom. The molecule has 9 heteroatoms. The maximum atomic E-state index is 13.6. The van der Waals surface area contributed by atoms with Crippen molar-refractivity contribution in [3.8, 4) is 11.5 Å². The first-order chi connectivity index (χ1) is 15.3. The minimum Gasteiger partial charge on any atom is -0.504 e. The van der Waals surface area contributed by atoms with Crippen LogP contribution in [0.2, 0.25) is 18.1 Å². The third-order valence-electron chi connectivity index (χ3n) is 6.60. The summed E-state index contributed by atoms with van der Waals surface area (Å²) in [7, 11) is -1.00. The van der Waals surface area contributed by atoms with Crippen LogP contribution in [0.25, 0.3) is 0 Å². The van der Waals surface area contributed by atoms with Crippen LogP contribution in [0.15, 0.2) is 36.6 Å². The molecule has 2 atom stereocenters. The molecule has 2 unspecified atom stereocenters. The fraction of sp³-hybridized carbons (Fsp3) is 0.500. The normalized spacial score (nSPS) is 20.6. The van der Waals surface area contributed by atoms with E-state index >= 15 is 0 Å². The monoisotopic (exact) mass is 474 g/mol. The van der Waals surface area contributed by atoms with Gasteiger partial charge in [-0.1, -0.05) is 39.0 Å². The van der Waals surface area contributed by atoms with E-state index in [1.165, 1.54) is 30.2 Å². The van der Waals surface area contributed by atoms with Crippen LogP contribution in [0, 0.1) is 0 Å². The Balaban J connectivity index is 2.26. The van der Waals surface area contributed by atoms with Crippen LogP contribution in [0.3, 0.4) is 0 Å². The molecule has 1 aromatic carbocycles. The zero-order valence-corrected chi connectivity index (χ0v) is 21.5. The molecule has 2 aliphatic heterocycles. The minimum absolute atomic E-state index is 0.000773. The van der Waals surface area contributed by atoms with Gasteiger partial charge in [0.15, 0.2) is 26.0 Å². The molecule has 180 valence electrons. The average molecular weight is 475 g/mol. The predicted molar refractivity (Wildman–Crippen MR) is 129 cm³/mol. The van der Waals surface area contributed by atoms with Crippen molar-refractivity contribution in [1.82, 2.24) is 4.90 Å². The van der Waals surface area contributed by atoms with Gasteiger partial charge in [0.25, 0.3) is 5.91 Å². The van der Waals surface area contributed by atoms with Gasteiger partial charge in [0.2, 0.25) is 0 Å². The first kappa shape index (κ1) is 24.9. The lowest BCUT2D eigenvalue weighted by Crippen LogP contribution is -2.57. The molecule has 0 radical (unpaired) electrons. The van der Waals surface area contributed by atoms with E-state index in [1.807, 2.05) is 6.92 Å². The summed E-state index contributed by atoms with van der Waals surface area (Å²) >= 11 is 0. The zero-order valence-electron chi connectivity index (χ0n) is 20.5. The van der Waals surface area contributed by atoms with Crippen molar-refractivity contribution in [2.24, 2.45) is 0 Å². The second kappa shape index (κ2) is 8.87. The number of methoxy groups -OCH3 is 1. The zero-order chi connectivity index (χ0) is 24.7. The van der Waals surface area contributed by atoms with Gasteiger partial charge in [-0.3, -0.25) is 4.79 Å². The Hall–Kier alpha value is -2.78. The predicted octanol–water partition coefficient (Wildman–Crippen LogP) is 5.01. The molecular weight excluding hydrogens is 440 g/mol. The Kier molecular flexibility index (Phi) is 6.68. The van der Waals surface area contributed by atoms with Crippen LogP contribution in [0.4, 0.5) is 10.5 Å². The lowest BCUT2D eigenvalue weighted by molar-refractivity contribution is 0.0589. The summed E-state index contributed by atoms with van der Waals surface area (Å²) in [6, 6.07) is 2.37. The molecule has 33 heavy (non-hydrogen) atoms. The van der Waals surface area contributed by atoms with Gasteiger partial charge in [-0.2, -0.15) is 0 Å². The highest BCUT2D eigenvalue weighted by molar-refractivity contribution is 6.74. The minimum atomic E-state index is -2.41. The Morgan fingerprint density at radius 1 is 1.33 bits per heavy atom. The lowest BCUT2D eigenvalue weighted by atomic mass is 10.1. The van der Waals surface area contributed by atoms with E-state index in [-0.39, 0.29) is 40.3 Å². The fourth-order valence-corrected chi connectivity index (χ4v) is 5.03. The molecule has 8 nitrogen and oxygen atoms in total. The van der Waals surface area contributed by atoms with Gasteiger partial charge in [0, 0.05) is 12.3 Å². The van der Waals surface area contributed by atoms with Crippen molar-refractivity contribution in [1.29, 1.82) is 0 Å². The lowest BCUT2D eigenvalue weighted by Gasteiger charge is -2.44. The van der Waals surface area contributed by atoms with E-state index in [9.17, 15) is 14.7 Å². The van der Waals surface area contributed by atoms with Gasteiger partial charge < -0.3 is 23.9 Å². The van der Waals surface area contributed by atoms with Crippen molar-refractivity contribution in [2.45, 2.75) is 64.5 Å². The van der Waals surface area contributed by atoms with Crippen molar-refractivity contribution in [3.63, 3.8) is 0 Å². The molecule has 2 heterocycles. The van der Waals surface area contributed by atoms with Gasteiger partial charge in [-0.05, 0) is 37.5 Å². The summed E-state index contributed by atoms with van der Waals surface area (Å²) in [6.07, 6.45) is 2.34. The standard InChI is InChI=1S/C24H34N2O6Si/c1-9-10-31-23(29)26-17-13-19(27)20(30-6)12-16(17)21(28)25-14-15(2)11-18(25)22(26)32-33(7,8)24(3,4)5/h9,12-14,18,22,27H,1,10-11H2,2-8H3. The molecule has 2 amide bonds. The first-order valence-electron chi connectivity index (χ1n) is 11.0. The number of carbonyl (C=O) groups is 2. The molecular formula is C24H34N2O6Si. The maximum Gasteiger partial charge on any atom is 0.416 e. The van der Waals surface area contributed by atoms with Gasteiger partial charge in [-0.25, -0.2) is 9.69 Å². The number of ether oxygens (including phenoxy) is 2. The molecule has 2 aliphatic rings. The van der Waals surface area contributed by atoms with E-state index in [1.54, 1.807) is 11.1 Å². The Bertz CT molecular complexity index is 997. The number of carbonyl (C=O) groups excluding carboxylic acids is 2. The number of nitrogens with zero attached hydrogens (tertiary/aromatic N) is 2. The number of hydrogen-bond acceptors (Lipinski definition) is 6. The highest BCUT2D eigenvalue weighted by Gasteiger charge is 2.50. The number of phenolic OH excluding ortho intramolecular Hbond substituents is 1. The van der Waals surface area contributed by atoms with Crippen LogP contribution < -0.4 is 9.64 Å². The summed E-state index contributed by atoms with van der Waals surface area (Å²) in [5, 5.41) is 10.4.